The lowest BCUT2D eigenvalue weighted by Crippen LogP contribution is -2.11. The first-order valence-corrected chi connectivity index (χ1v) is 7.24. The van der Waals surface area contributed by atoms with Crippen molar-refractivity contribution in [2.45, 2.75) is 13.8 Å². The molecule has 0 saturated heterocycles. The van der Waals surface area contributed by atoms with Crippen LogP contribution in [0, 0.1) is 5.92 Å². The zero-order valence-corrected chi connectivity index (χ0v) is 13.0. The van der Waals surface area contributed by atoms with Gasteiger partial charge in [-0.1, -0.05) is 26.0 Å². The SMILES string of the molecule is CC(C)COc1ccc(C(=O)Oc2ccccc2C(=O)O)cc1. The van der Waals surface area contributed by atoms with Crippen LogP contribution in [-0.4, -0.2) is 23.7 Å². The number of ether oxygens (including phenoxy) is 2. The number of esters is 1. The van der Waals surface area contributed by atoms with E-state index < -0.39 is 11.9 Å². The van der Waals surface area contributed by atoms with Crippen LogP contribution in [0.2, 0.25) is 0 Å². The molecule has 0 atom stereocenters. The topological polar surface area (TPSA) is 72.8 Å². The van der Waals surface area contributed by atoms with E-state index in [1.165, 1.54) is 12.1 Å². The molecule has 0 radical (unpaired) electrons. The molecule has 0 saturated carbocycles. The summed E-state index contributed by atoms with van der Waals surface area (Å²) in [4.78, 5) is 23.2. The van der Waals surface area contributed by atoms with E-state index in [9.17, 15) is 9.59 Å². The summed E-state index contributed by atoms with van der Waals surface area (Å²) < 4.78 is 10.7. The van der Waals surface area contributed by atoms with Gasteiger partial charge in [-0.25, -0.2) is 9.59 Å². The van der Waals surface area contributed by atoms with E-state index in [0.717, 1.165) is 0 Å². The Balaban J connectivity index is 2.08. The molecule has 1 N–H and O–H groups in total. The Morgan fingerprint density at radius 2 is 1.70 bits per heavy atom. The van der Waals surface area contributed by atoms with E-state index in [2.05, 4.69) is 0 Å². The molecule has 23 heavy (non-hydrogen) atoms. The van der Waals surface area contributed by atoms with Crippen LogP contribution in [0.1, 0.15) is 34.6 Å². The van der Waals surface area contributed by atoms with Crippen molar-refractivity contribution in [2.24, 2.45) is 5.92 Å². The maximum absolute atomic E-state index is 12.1. The second kappa shape index (κ2) is 7.45. The van der Waals surface area contributed by atoms with E-state index in [0.29, 0.717) is 23.8 Å². The molecule has 120 valence electrons. The van der Waals surface area contributed by atoms with Crippen LogP contribution in [0.4, 0.5) is 0 Å². The summed E-state index contributed by atoms with van der Waals surface area (Å²) >= 11 is 0. The predicted molar refractivity (Wildman–Crippen MR) is 85.1 cm³/mol. The molecule has 0 aliphatic heterocycles. The third-order valence-corrected chi connectivity index (χ3v) is 2.99. The number of carbonyl (C=O) groups excluding carboxylic acids is 1. The molecule has 0 heterocycles. The second-order valence-corrected chi connectivity index (χ2v) is 5.42. The van der Waals surface area contributed by atoms with Crippen LogP contribution >= 0.6 is 0 Å². The summed E-state index contributed by atoms with van der Waals surface area (Å²) in [6, 6.07) is 12.5. The molecule has 0 spiro atoms. The normalized spacial score (nSPS) is 10.4. The first-order chi connectivity index (χ1) is 11.0. The highest BCUT2D eigenvalue weighted by atomic mass is 16.5. The minimum absolute atomic E-state index is 0.0186. The average Bonchev–Trinajstić information content (AvgIpc) is 2.53. The van der Waals surface area contributed by atoms with Gasteiger partial charge in [-0.2, -0.15) is 0 Å². The predicted octanol–water partition coefficient (Wildman–Crippen LogP) is 3.64. The molecule has 2 rings (SSSR count). The molecule has 0 unspecified atom stereocenters. The van der Waals surface area contributed by atoms with Gasteiger partial charge in [0, 0.05) is 0 Å². The molecule has 5 nitrogen and oxygen atoms in total. The maximum Gasteiger partial charge on any atom is 0.343 e. The van der Waals surface area contributed by atoms with E-state index in [1.807, 2.05) is 13.8 Å². The van der Waals surface area contributed by atoms with E-state index >= 15 is 0 Å². The van der Waals surface area contributed by atoms with Crippen molar-refractivity contribution in [2.75, 3.05) is 6.61 Å². The van der Waals surface area contributed by atoms with Crippen LogP contribution in [0.3, 0.4) is 0 Å². The van der Waals surface area contributed by atoms with Crippen molar-refractivity contribution in [3.63, 3.8) is 0 Å². The number of rotatable bonds is 6. The molecule has 0 amide bonds. The van der Waals surface area contributed by atoms with Crippen molar-refractivity contribution in [3.05, 3.63) is 59.7 Å². The monoisotopic (exact) mass is 314 g/mol. The van der Waals surface area contributed by atoms with Gasteiger partial charge >= 0.3 is 11.9 Å². The van der Waals surface area contributed by atoms with Gasteiger partial charge in [-0.05, 0) is 42.3 Å². The summed E-state index contributed by atoms with van der Waals surface area (Å²) in [5.41, 5.74) is 0.264. The van der Waals surface area contributed by atoms with Gasteiger partial charge in [-0.15, -0.1) is 0 Å². The molecule has 0 aliphatic rings. The number of hydrogen-bond acceptors (Lipinski definition) is 4. The average molecular weight is 314 g/mol. The van der Waals surface area contributed by atoms with Gasteiger partial charge in [0.25, 0.3) is 0 Å². The van der Waals surface area contributed by atoms with Crippen LogP contribution in [0.15, 0.2) is 48.5 Å². The smallest absolute Gasteiger partial charge is 0.343 e. The summed E-state index contributed by atoms with van der Waals surface area (Å²) in [6.45, 7) is 4.69. The molecular weight excluding hydrogens is 296 g/mol. The highest BCUT2D eigenvalue weighted by Gasteiger charge is 2.15. The van der Waals surface area contributed by atoms with Gasteiger partial charge in [0.15, 0.2) is 0 Å². The van der Waals surface area contributed by atoms with Crippen LogP contribution < -0.4 is 9.47 Å². The zero-order valence-electron chi connectivity index (χ0n) is 13.0. The number of carboxylic acids is 1. The molecule has 0 aromatic heterocycles. The highest BCUT2D eigenvalue weighted by molar-refractivity contribution is 5.95. The number of carbonyl (C=O) groups is 2. The van der Waals surface area contributed by atoms with Crippen molar-refractivity contribution in [3.8, 4) is 11.5 Å². The fraction of sp³-hybridized carbons (Fsp3) is 0.222. The molecule has 2 aromatic carbocycles. The molecule has 2 aromatic rings. The van der Waals surface area contributed by atoms with Gasteiger partial charge in [0.05, 0.1) is 12.2 Å². The van der Waals surface area contributed by atoms with Crippen LogP contribution in [0.5, 0.6) is 11.5 Å². The fourth-order valence-electron chi connectivity index (χ4n) is 1.84. The third kappa shape index (κ3) is 4.57. The summed E-state index contributed by atoms with van der Waals surface area (Å²) in [7, 11) is 0. The lowest BCUT2D eigenvalue weighted by atomic mass is 10.2. The largest absolute Gasteiger partial charge is 0.493 e. The van der Waals surface area contributed by atoms with Gasteiger partial charge in [0.1, 0.15) is 17.1 Å². The Bertz CT molecular complexity index is 689. The maximum atomic E-state index is 12.1. The third-order valence-electron chi connectivity index (χ3n) is 2.99. The first kappa shape index (κ1) is 16.5. The van der Waals surface area contributed by atoms with Crippen molar-refractivity contribution in [1.82, 2.24) is 0 Å². The lowest BCUT2D eigenvalue weighted by Gasteiger charge is -2.10. The number of aromatic carboxylic acids is 1. The van der Waals surface area contributed by atoms with E-state index in [1.54, 1.807) is 36.4 Å². The quantitative estimate of drug-likeness (QED) is 0.651. The zero-order chi connectivity index (χ0) is 16.8. The molecule has 0 fully saturated rings. The molecule has 0 bridgehead atoms. The minimum atomic E-state index is -1.15. The van der Waals surface area contributed by atoms with Crippen LogP contribution in [-0.2, 0) is 0 Å². The fourth-order valence-corrected chi connectivity index (χ4v) is 1.84. The van der Waals surface area contributed by atoms with E-state index in [-0.39, 0.29) is 11.3 Å². The lowest BCUT2D eigenvalue weighted by molar-refractivity contribution is 0.0681. The van der Waals surface area contributed by atoms with Crippen molar-refractivity contribution < 1.29 is 24.2 Å². The Morgan fingerprint density at radius 1 is 1.04 bits per heavy atom. The standard InChI is InChI=1S/C18H18O5/c1-12(2)11-22-14-9-7-13(8-10-14)18(21)23-16-6-4-3-5-15(16)17(19)20/h3-10,12H,11H2,1-2H3,(H,19,20). The second-order valence-electron chi connectivity index (χ2n) is 5.42. The van der Waals surface area contributed by atoms with Gasteiger partial charge < -0.3 is 14.6 Å². The molecular formula is C18H18O5. The summed E-state index contributed by atoms with van der Waals surface area (Å²) in [5, 5.41) is 9.08. The van der Waals surface area contributed by atoms with Crippen LogP contribution in [0.25, 0.3) is 0 Å². The van der Waals surface area contributed by atoms with Gasteiger partial charge in [-0.3, -0.25) is 0 Å². The van der Waals surface area contributed by atoms with Crippen molar-refractivity contribution >= 4 is 11.9 Å². The Morgan fingerprint density at radius 3 is 2.30 bits per heavy atom. The van der Waals surface area contributed by atoms with Gasteiger partial charge in [0.2, 0.25) is 0 Å². The number of benzene rings is 2. The minimum Gasteiger partial charge on any atom is -0.493 e. The number of hydrogen-bond donors (Lipinski definition) is 1. The first-order valence-electron chi connectivity index (χ1n) is 7.24. The molecule has 5 heteroatoms. The Kier molecular flexibility index (Phi) is 5.36. The Labute approximate surface area is 134 Å². The Hall–Kier alpha value is -2.82. The number of carboxylic acid groups (broad SMARTS) is 1. The van der Waals surface area contributed by atoms with E-state index in [4.69, 9.17) is 14.6 Å². The summed E-state index contributed by atoms with van der Waals surface area (Å²) in [5.74, 6) is -0.668. The summed E-state index contributed by atoms with van der Waals surface area (Å²) in [6.07, 6.45) is 0. The van der Waals surface area contributed by atoms with Crippen molar-refractivity contribution in [1.29, 1.82) is 0 Å². The number of para-hydroxylation sites is 1. The highest BCUT2D eigenvalue weighted by Crippen LogP contribution is 2.20. The molecule has 0 aliphatic carbocycles.